The summed E-state index contributed by atoms with van der Waals surface area (Å²) in [4.78, 5) is 47.0. The van der Waals surface area contributed by atoms with Gasteiger partial charge in [-0.25, -0.2) is 9.59 Å². The summed E-state index contributed by atoms with van der Waals surface area (Å²) >= 11 is 0.873. The Morgan fingerprint density at radius 1 is 0.971 bits per heavy atom. The second-order valence-corrected chi connectivity index (χ2v) is 7.87. The number of carbonyl (C=O) groups is 4. The van der Waals surface area contributed by atoms with Crippen LogP contribution < -0.4 is 27.0 Å². The monoisotopic (exact) mass is 482 g/mol. The molecule has 0 aliphatic carbocycles. The first-order valence-electron chi connectivity index (χ1n) is 10.0. The van der Waals surface area contributed by atoms with Crippen LogP contribution in [0.2, 0.25) is 0 Å². The Morgan fingerprint density at radius 3 is 2.32 bits per heavy atom. The van der Waals surface area contributed by atoms with Gasteiger partial charge in [0.25, 0.3) is 5.91 Å². The molecule has 0 radical (unpaired) electrons. The molecule has 3 rings (SSSR count). The summed E-state index contributed by atoms with van der Waals surface area (Å²) in [6.45, 7) is 1.70. The molecular weight excluding hydrogens is 460 g/mol. The average Bonchev–Trinajstić information content (AvgIpc) is 3.17. The maximum atomic E-state index is 12.2. The zero-order chi connectivity index (χ0) is 24.7. The smallest absolute Gasteiger partial charge is 0.323 e. The molecule has 0 saturated heterocycles. The summed E-state index contributed by atoms with van der Waals surface area (Å²) < 4.78 is 4.28. The quantitative estimate of drug-likeness (QED) is 0.286. The van der Waals surface area contributed by atoms with Crippen LogP contribution in [0.15, 0.2) is 48.5 Å². The Labute approximate surface area is 198 Å². The molecule has 0 aliphatic rings. The van der Waals surface area contributed by atoms with Crippen LogP contribution in [-0.4, -0.2) is 40.0 Å². The van der Waals surface area contributed by atoms with E-state index >= 15 is 0 Å². The zero-order valence-corrected chi connectivity index (χ0v) is 18.9. The van der Waals surface area contributed by atoms with Gasteiger partial charge < -0.3 is 26.8 Å². The van der Waals surface area contributed by atoms with Gasteiger partial charge in [0.15, 0.2) is 0 Å². The van der Waals surface area contributed by atoms with Crippen molar-refractivity contribution in [2.24, 2.45) is 5.73 Å². The second kappa shape index (κ2) is 10.9. The number of hydrogen-bond acceptors (Lipinski definition) is 6. The summed E-state index contributed by atoms with van der Waals surface area (Å²) in [6, 6.07) is 13.0. The number of anilines is 3. The molecule has 0 fully saturated rings. The summed E-state index contributed by atoms with van der Waals surface area (Å²) in [5.74, 6) is -1.84. The molecule has 7 N–H and O–H groups in total. The number of nitrogens with two attached hydrogens (primary N) is 1. The predicted molar refractivity (Wildman–Crippen MR) is 129 cm³/mol. The van der Waals surface area contributed by atoms with Gasteiger partial charge in [-0.15, -0.1) is 0 Å². The molecule has 1 heterocycles. The molecule has 3 aromatic rings. The molecule has 34 heavy (non-hydrogen) atoms. The van der Waals surface area contributed by atoms with Crippen LogP contribution in [0.25, 0.3) is 11.3 Å². The van der Waals surface area contributed by atoms with Crippen molar-refractivity contribution in [1.82, 2.24) is 9.69 Å². The Hall–Kier alpha value is -4.45. The number of urea groups is 2. The lowest BCUT2D eigenvalue weighted by molar-refractivity contribution is -0.136. The number of para-hydroxylation sites is 1. The van der Waals surface area contributed by atoms with Crippen molar-refractivity contribution in [2.45, 2.75) is 13.3 Å². The van der Waals surface area contributed by atoms with Crippen molar-refractivity contribution < 1.29 is 24.3 Å². The van der Waals surface area contributed by atoms with Crippen molar-refractivity contribution >= 4 is 51.8 Å². The van der Waals surface area contributed by atoms with Gasteiger partial charge in [-0.05, 0) is 48.3 Å². The Balaban J connectivity index is 1.75. The van der Waals surface area contributed by atoms with Crippen LogP contribution in [0.5, 0.6) is 0 Å². The fraction of sp³-hybridized carbons (Fsp3) is 0.136. The minimum absolute atomic E-state index is 0.0315. The second-order valence-electron chi connectivity index (χ2n) is 7.10. The normalized spacial score (nSPS) is 10.3. The lowest BCUT2D eigenvalue weighted by Crippen LogP contribution is -2.31. The van der Waals surface area contributed by atoms with Crippen LogP contribution in [0, 0.1) is 6.92 Å². The zero-order valence-electron chi connectivity index (χ0n) is 18.0. The number of amides is 5. The highest BCUT2D eigenvalue weighted by molar-refractivity contribution is 7.11. The molecule has 12 heteroatoms. The Bertz CT molecular complexity index is 1230. The molecule has 0 atom stereocenters. The van der Waals surface area contributed by atoms with E-state index in [2.05, 4.69) is 25.6 Å². The van der Waals surface area contributed by atoms with Gasteiger partial charge in [0, 0.05) is 23.5 Å². The standard InChI is InChI=1S/C22H22N6O5S/c1-12-11-14(26-22(33)25-13-5-3-2-4-6-13)7-8-15(12)18-17(19(23)31)20(34-28-18)27-21(32)24-10-9-16(29)30/h2-8,11H,9-10H2,1H3,(H2,23,31)(H,29,30)(H2,24,27,32)(H2,25,26,33). The number of carboxylic acid groups (broad SMARTS) is 1. The highest BCUT2D eigenvalue weighted by atomic mass is 32.1. The van der Waals surface area contributed by atoms with E-state index in [9.17, 15) is 19.2 Å². The van der Waals surface area contributed by atoms with Crippen molar-refractivity contribution in [2.75, 3.05) is 22.5 Å². The number of aryl methyl sites for hydroxylation is 1. The summed E-state index contributed by atoms with van der Waals surface area (Å²) in [5.41, 5.74) is 8.35. The van der Waals surface area contributed by atoms with E-state index in [1.54, 1.807) is 37.3 Å². The number of aromatic nitrogens is 1. The predicted octanol–water partition coefficient (Wildman–Crippen LogP) is 3.46. The molecule has 11 nitrogen and oxygen atoms in total. The molecule has 0 unspecified atom stereocenters. The Kier molecular flexibility index (Phi) is 7.77. The Morgan fingerprint density at radius 2 is 1.68 bits per heavy atom. The lowest BCUT2D eigenvalue weighted by atomic mass is 10.0. The molecule has 2 aromatic carbocycles. The number of carbonyl (C=O) groups excluding carboxylic acids is 3. The van der Waals surface area contributed by atoms with E-state index in [-0.39, 0.29) is 29.2 Å². The average molecular weight is 483 g/mol. The number of nitrogens with zero attached hydrogens (tertiary/aromatic N) is 1. The van der Waals surface area contributed by atoms with Crippen LogP contribution in [0.3, 0.4) is 0 Å². The number of primary amides is 1. The molecule has 0 saturated carbocycles. The van der Waals surface area contributed by atoms with Gasteiger partial charge in [-0.3, -0.25) is 14.9 Å². The van der Waals surface area contributed by atoms with Gasteiger partial charge in [-0.1, -0.05) is 24.3 Å². The van der Waals surface area contributed by atoms with E-state index in [1.807, 2.05) is 18.2 Å². The van der Waals surface area contributed by atoms with Gasteiger partial charge in [0.2, 0.25) is 0 Å². The first-order chi connectivity index (χ1) is 16.2. The number of carboxylic acids is 1. The van der Waals surface area contributed by atoms with Gasteiger partial charge in [0.05, 0.1) is 12.1 Å². The summed E-state index contributed by atoms with van der Waals surface area (Å²) in [7, 11) is 0. The van der Waals surface area contributed by atoms with Crippen LogP contribution in [0.1, 0.15) is 22.3 Å². The largest absolute Gasteiger partial charge is 0.481 e. The molecule has 1 aromatic heterocycles. The molecule has 0 spiro atoms. The first kappa shape index (κ1) is 24.2. The third-order valence-corrected chi connectivity index (χ3v) is 5.32. The van der Waals surface area contributed by atoms with Crippen molar-refractivity contribution in [3.8, 4) is 11.3 Å². The fourth-order valence-corrected chi connectivity index (χ4v) is 3.84. The topological polar surface area (TPSA) is 176 Å². The SMILES string of the molecule is Cc1cc(NC(=O)Nc2ccccc2)ccc1-c1nsc(NC(=O)NCCC(=O)O)c1C(N)=O. The van der Waals surface area contributed by atoms with Gasteiger partial charge in [0.1, 0.15) is 10.6 Å². The first-order valence-corrected chi connectivity index (χ1v) is 10.8. The van der Waals surface area contributed by atoms with Crippen LogP contribution >= 0.6 is 11.5 Å². The summed E-state index contributed by atoms with van der Waals surface area (Å²) in [5, 5.41) is 19.1. The van der Waals surface area contributed by atoms with E-state index < -0.39 is 23.9 Å². The molecule has 5 amide bonds. The molecular formula is C22H22N6O5S. The maximum absolute atomic E-state index is 12.2. The van der Waals surface area contributed by atoms with Gasteiger partial charge in [-0.2, -0.15) is 4.37 Å². The third-order valence-electron chi connectivity index (χ3n) is 4.56. The maximum Gasteiger partial charge on any atom is 0.323 e. The fourth-order valence-electron chi connectivity index (χ4n) is 3.04. The third kappa shape index (κ3) is 6.29. The molecule has 0 aliphatic heterocycles. The minimum atomic E-state index is -1.05. The summed E-state index contributed by atoms with van der Waals surface area (Å²) in [6.07, 6.45) is -0.243. The number of hydrogen-bond donors (Lipinski definition) is 6. The van der Waals surface area contributed by atoms with Crippen LogP contribution in [-0.2, 0) is 4.79 Å². The molecule has 176 valence electrons. The molecule has 0 bridgehead atoms. The van der Waals surface area contributed by atoms with E-state index in [0.717, 1.165) is 11.5 Å². The van der Waals surface area contributed by atoms with E-state index in [4.69, 9.17) is 10.8 Å². The number of aliphatic carboxylic acids is 1. The highest BCUT2D eigenvalue weighted by Gasteiger charge is 2.23. The minimum Gasteiger partial charge on any atom is -0.481 e. The van der Waals surface area contributed by atoms with Crippen molar-refractivity contribution in [3.05, 3.63) is 59.7 Å². The number of rotatable bonds is 8. The van der Waals surface area contributed by atoms with Crippen LogP contribution in [0.4, 0.5) is 26.0 Å². The van der Waals surface area contributed by atoms with E-state index in [0.29, 0.717) is 22.5 Å². The highest BCUT2D eigenvalue weighted by Crippen LogP contribution is 2.34. The van der Waals surface area contributed by atoms with Crippen molar-refractivity contribution in [1.29, 1.82) is 0 Å². The lowest BCUT2D eigenvalue weighted by Gasteiger charge is -2.11. The van der Waals surface area contributed by atoms with Crippen molar-refractivity contribution in [3.63, 3.8) is 0 Å². The number of benzene rings is 2. The number of nitrogens with one attached hydrogen (secondary N) is 4. The van der Waals surface area contributed by atoms with Gasteiger partial charge >= 0.3 is 18.0 Å². The van der Waals surface area contributed by atoms with E-state index in [1.165, 1.54) is 0 Å².